The number of aromatic nitrogens is 2. The molecule has 0 bridgehead atoms. The van der Waals surface area contributed by atoms with Crippen LogP contribution in [0.1, 0.15) is 33.9 Å². The number of pyridine rings is 2. The van der Waals surface area contributed by atoms with E-state index in [4.69, 9.17) is 0 Å². The zero-order valence-corrected chi connectivity index (χ0v) is 34.2. The number of rotatable bonds is 17. The first kappa shape index (κ1) is 63.0. The predicted molar refractivity (Wildman–Crippen MR) is 163 cm³/mol. The van der Waals surface area contributed by atoms with E-state index in [1.807, 2.05) is 0 Å². The SMILES string of the molecule is Cc1cc(C)[n+](CC(F)(F)C(F)(F)C(F)(F)C(F)(F)C(F)(F)C(F)(F)C(F)(F)C(F)(F)C(F)(F)C(F)(F)C(F)(F)F)c(C)c1.Cc1cc(C)[n+](CC(F)(F)C(F)(F)C(F)(F)C(F)(F)C(F)F)c(C)c1. The van der Waals surface area contributed by atoms with Crippen LogP contribution in [0.3, 0.4) is 0 Å². The van der Waals surface area contributed by atoms with Gasteiger partial charge < -0.3 is 0 Å². The van der Waals surface area contributed by atoms with E-state index in [-0.39, 0.29) is 21.5 Å². The smallest absolute Gasteiger partial charge is 0.203 e. The highest BCUT2D eigenvalue weighted by molar-refractivity contribution is 5.20. The van der Waals surface area contributed by atoms with Crippen LogP contribution >= 0.6 is 0 Å². The Kier molecular flexibility index (Phi) is 16.4. The standard InChI is InChI=1S/C20H13F23N.C14H14F10N/c1-7-4-8(2)44(9(3)5-7)6-10(21,22)11(23,24)12(25,26)13(27,28)14(29,30)15(31,32)16(33,34)17(35,36)18(37,38)19(39,40)20(41,42)43;1-7-4-8(2)25(9(3)5-7)6-11(17,18)13(21,22)14(23,24)12(19,20)10(15)16/h4-5H,6H2,1-3H3;4-5,10H,6H2,1-3H3/q2*+1. The topological polar surface area (TPSA) is 7.76 Å². The molecular weight excluding hydrogens is 1060 g/mol. The van der Waals surface area contributed by atoms with Crippen LogP contribution in [0.4, 0.5) is 145 Å². The molecule has 0 radical (unpaired) electrons. The molecule has 0 N–H and O–H groups in total. The second kappa shape index (κ2) is 17.9. The lowest BCUT2D eigenvalue weighted by atomic mass is 9.85. The van der Waals surface area contributed by atoms with Gasteiger partial charge in [0.2, 0.25) is 13.1 Å². The van der Waals surface area contributed by atoms with Crippen molar-refractivity contribution in [3.05, 3.63) is 58.2 Å². The van der Waals surface area contributed by atoms with Crippen molar-refractivity contribution < 1.29 is 154 Å². The molecule has 0 saturated carbocycles. The van der Waals surface area contributed by atoms with Gasteiger partial charge in [-0.2, -0.15) is 145 Å². The Bertz CT molecular complexity index is 2100. The van der Waals surface area contributed by atoms with Gasteiger partial charge in [0.1, 0.15) is 0 Å². The third-order valence-electron chi connectivity index (χ3n) is 9.68. The Morgan fingerprint density at radius 3 is 0.696 bits per heavy atom. The van der Waals surface area contributed by atoms with Crippen molar-refractivity contribution in [1.29, 1.82) is 0 Å². The fourth-order valence-electron chi connectivity index (χ4n) is 5.73. The number of halogens is 33. The number of hydrogen-bond donors (Lipinski definition) is 0. The van der Waals surface area contributed by atoms with Gasteiger partial charge in [0.25, 0.3) is 0 Å². The highest BCUT2D eigenvalue weighted by Crippen LogP contribution is 2.67. The van der Waals surface area contributed by atoms with E-state index in [0.717, 1.165) is 26.0 Å². The van der Waals surface area contributed by atoms with E-state index < -0.39 is 120 Å². The predicted octanol–water partition coefficient (Wildman–Crippen LogP) is 13.5. The molecule has 402 valence electrons. The zero-order chi connectivity index (χ0) is 55.9. The monoisotopic (exact) mass is 1090 g/mol. The Labute approximate surface area is 363 Å². The molecule has 2 aromatic heterocycles. The van der Waals surface area contributed by atoms with Crippen LogP contribution in [0.25, 0.3) is 0 Å². The summed E-state index contributed by atoms with van der Waals surface area (Å²) in [6, 6.07) is 4.27. The van der Waals surface area contributed by atoms with Crippen LogP contribution < -0.4 is 9.13 Å². The Hall–Kier alpha value is -4.01. The number of alkyl halides is 33. The molecule has 0 fully saturated rings. The Morgan fingerprint density at radius 1 is 0.304 bits per heavy atom. The molecule has 0 saturated heterocycles. The molecule has 0 aliphatic carbocycles. The minimum absolute atomic E-state index is 0.0306. The fraction of sp³-hybridized carbons (Fsp3) is 0.706. The first-order valence-corrected chi connectivity index (χ1v) is 17.4. The average molecular weight is 1090 g/mol. The zero-order valence-electron chi connectivity index (χ0n) is 34.2. The summed E-state index contributed by atoms with van der Waals surface area (Å²) in [5.74, 6) is -114. The lowest BCUT2D eigenvalue weighted by molar-refractivity contribution is -0.730. The minimum Gasteiger partial charge on any atom is -0.203 e. The van der Waals surface area contributed by atoms with Crippen LogP contribution in [0.2, 0.25) is 0 Å². The summed E-state index contributed by atoms with van der Waals surface area (Å²) in [7, 11) is 0. The first-order chi connectivity index (χ1) is 29.8. The molecular formula is C34H27F33N2+2. The summed E-state index contributed by atoms with van der Waals surface area (Å²) in [5.41, 5.74) is -0.446. The lowest BCUT2D eigenvalue weighted by Gasteiger charge is -2.45. The molecule has 2 heterocycles. The largest absolute Gasteiger partial charge is 0.460 e. The van der Waals surface area contributed by atoms with Crippen molar-refractivity contribution in [3.8, 4) is 0 Å². The molecule has 0 unspecified atom stereocenters. The summed E-state index contributed by atoms with van der Waals surface area (Å²) in [6.45, 7) is 1.85. The number of nitrogens with zero attached hydrogens (tertiary/aromatic N) is 2. The van der Waals surface area contributed by atoms with Crippen LogP contribution in [-0.2, 0) is 13.1 Å². The van der Waals surface area contributed by atoms with E-state index in [2.05, 4.69) is 0 Å². The van der Waals surface area contributed by atoms with Crippen molar-refractivity contribution in [2.45, 2.75) is 150 Å². The van der Waals surface area contributed by atoms with Gasteiger partial charge in [-0.05, 0) is 25.0 Å². The van der Waals surface area contributed by atoms with E-state index in [0.29, 0.717) is 10.1 Å². The molecule has 0 aromatic carbocycles. The van der Waals surface area contributed by atoms with Crippen LogP contribution in [0, 0.1) is 41.5 Å². The average Bonchev–Trinajstić information content (AvgIpc) is 3.13. The summed E-state index contributed by atoms with van der Waals surface area (Å²) >= 11 is 0. The van der Waals surface area contributed by atoms with Crippen molar-refractivity contribution in [2.24, 2.45) is 0 Å². The van der Waals surface area contributed by atoms with Crippen molar-refractivity contribution in [2.75, 3.05) is 0 Å². The maximum Gasteiger partial charge on any atom is 0.460 e. The van der Waals surface area contributed by atoms with Gasteiger partial charge in [0.15, 0.2) is 22.8 Å². The molecule has 0 spiro atoms. The van der Waals surface area contributed by atoms with Gasteiger partial charge in [-0.25, -0.2) is 8.78 Å². The quantitative estimate of drug-likeness (QED) is 0.110. The van der Waals surface area contributed by atoms with E-state index >= 15 is 0 Å². The van der Waals surface area contributed by atoms with Gasteiger partial charge in [-0.1, -0.05) is 0 Å². The van der Waals surface area contributed by atoms with Gasteiger partial charge >= 0.3 is 95.5 Å². The lowest BCUT2D eigenvalue weighted by Crippen LogP contribution is -2.78. The third-order valence-corrected chi connectivity index (χ3v) is 9.68. The molecule has 0 aliphatic heterocycles. The highest BCUT2D eigenvalue weighted by atomic mass is 19.4. The van der Waals surface area contributed by atoms with Crippen molar-refractivity contribution >= 4 is 0 Å². The molecule has 2 rings (SSSR count). The molecule has 0 aliphatic rings. The fourth-order valence-corrected chi connectivity index (χ4v) is 5.73. The van der Waals surface area contributed by atoms with Gasteiger partial charge in [0, 0.05) is 52.0 Å². The Balaban J connectivity index is 0.000000803. The maximum atomic E-state index is 14.3. The van der Waals surface area contributed by atoms with E-state index in [9.17, 15) is 145 Å². The van der Waals surface area contributed by atoms with Crippen LogP contribution in [0.15, 0.2) is 24.3 Å². The summed E-state index contributed by atoms with van der Waals surface area (Å²) in [5, 5.41) is 0. The maximum absolute atomic E-state index is 14.3. The molecule has 69 heavy (non-hydrogen) atoms. The summed E-state index contributed by atoms with van der Waals surface area (Å²) < 4.78 is 442. The summed E-state index contributed by atoms with van der Waals surface area (Å²) in [4.78, 5) is 0. The number of aryl methyl sites for hydroxylation is 6. The normalized spacial score (nSPS) is 15.4. The number of hydrogen-bond acceptors (Lipinski definition) is 0. The van der Waals surface area contributed by atoms with Crippen LogP contribution in [0.5, 0.6) is 0 Å². The summed E-state index contributed by atoms with van der Waals surface area (Å²) in [6.07, 6.45) is -13.3. The third kappa shape index (κ3) is 9.49. The first-order valence-electron chi connectivity index (χ1n) is 17.4. The van der Waals surface area contributed by atoms with Gasteiger partial charge in [-0.15, -0.1) is 0 Å². The molecule has 0 amide bonds. The second-order valence-electron chi connectivity index (χ2n) is 15.0. The van der Waals surface area contributed by atoms with E-state index in [1.54, 1.807) is 6.92 Å². The molecule has 0 atom stereocenters. The highest BCUT2D eigenvalue weighted by Gasteiger charge is 2.99. The van der Waals surface area contributed by atoms with Gasteiger partial charge in [-0.3, -0.25) is 0 Å². The molecule has 2 nitrogen and oxygen atoms in total. The van der Waals surface area contributed by atoms with Crippen molar-refractivity contribution in [3.63, 3.8) is 0 Å². The molecule has 2 aromatic rings. The van der Waals surface area contributed by atoms with Gasteiger partial charge in [0.05, 0.1) is 0 Å². The molecule has 35 heteroatoms. The van der Waals surface area contributed by atoms with Crippen molar-refractivity contribution in [1.82, 2.24) is 0 Å². The van der Waals surface area contributed by atoms with E-state index in [1.165, 1.54) is 32.9 Å². The second-order valence-corrected chi connectivity index (χ2v) is 15.0. The van der Waals surface area contributed by atoms with Crippen LogP contribution in [-0.4, -0.2) is 95.5 Å². The Morgan fingerprint density at radius 2 is 0.493 bits per heavy atom. The minimum atomic E-state index is -9.40.